The molecule has 14 heteroatoms. The van der Waals surface area contributed by atoms with Gasteiger partial charge in [-0.1, -0.05) is 92.0 Å². The van der Waals surface area contributed by atoms with E-state index >= 15 is 0 Å². The smallest absolute Gasteiger partial charge is 0.245 e. The molecule has 4 aromatic heterocycles. The zero-order valence-corrected chi connectivity index (χ0v) is 29.2. The van der Waals surface area contributed by atoms with Crippen LogP contribution in [0.1, 0.15) is 37.5 Å². The van der Waals surface area contributed by atoms with Crippen molar-refractivity contribution in [3.05, 3.63) is 120 Å². The number of aromatic nitrogens is 6. The molecule has 0 aliphatic rings. The lowest BCUT2D eigenvalue weighted by Gasteiger charge is -2.20. The Morgan fingerprint density at radius 3 is 1.23 bits per heavy atom. The van der Waals surface area contributed by atoms with Crippen molar-refractivity contribution in [3.8, 4) is 65.1 Å². The van der Waals surface area contributed by atoms with E-state index in [-0.39, 0.29) is 27.9 Å². The van der Waals surface area contributed by atoms with Crippen LogP contribution in [0.4, 0.5) is 26.3 Å². The molecule has 6 nitrogen and oxygen atoms in total. The zero-order valence-electron chi connectivity index (χ0n) is 27.6. The van der Waals surface area contributed by atoms with E-state index < -0.39 is 23.5 Å². The van der Waals surface area contributed by atoms with Gasteiger partial charge in [0.25, 0.3) is 0 Å². The molecular formula is C38H26F6N6S2. The van der Waals surface area contributed by atoms with E-state index in [0.717, 1.165) is 28.8 Å². The highest BCUT2D eigenvalue weighted by Gasteiger charge is 2.35. The Morgan fingerprint density at radius 2 is 0.827 bits per heavy atom. The molecule has 0 atom stereocenters. The summed E-state index contributed by atoms with van der Waals surface area (Å²) in [6.45, 7) is 6.19. The van der Waals surface area contributed by atoms with Gasteiger partial charge < -0.3 is 0 Å². The maximum atomic E-state index is 13.7. The van der Waals surface area contributed by atoms with Gasteiger partial charge >= 0.3 is 12.4 Å². The van der Waals surface area contributed by atoms with E-state index in [1.165, 1.54) is 71.2 Å². The van der Waals surface area contributed by atoms with Crippen molar-refractivity contribution in [1.82, 2.24) is 30.4 Å². The van der Waals surface area contributed by atoms with Gasteiger partial charge in [0.15, 0.2) is 10.0 Å². The SMILES string of the molecule is CC(C)(C)c1cc(-c2nnc(-c3cccc(-c4ccccc4C(F)(F)F)n3)s2)cc(-c2nnc(-c3cccc(-c4ccccc4C(F)(F)F)n3)s2)c1. The third-order valence-corrected chi connectivity index (χ3v) is 10.1. The largest absolute Gasteiger partial charge is 0.417 e. The van der Waals surface area contributed by atoms with Crippen molar-refractivity contribution in [3.63, 3.8) is 0 Å². The highest BCUT2D eigenvalue weighted by Crippen LogP contribution is 2.41. The number of rotatable bonds is 6. The summed E-state index contributed by atoms with van der Waals surface area (Å²) in [6, 6.07) is 26.2. The summed E-state index contributed by atoms with van der Waals surface area (Å²) in [5.74, 6) is 0. The quantitative estimate of drug-likeness (QED) is 0.158. The van der Waals surface area contributed by atoms with Crippen molar-refractivity contribution < 1.29 is 26.3 Å². The van der Waals surface area contributed by atoms with E-state index in [1.54, 1.807) is 24.3 Å². The fraction of sp³-hybridized carbons (Fsp3) is 0.158. The normalized spacial score (nSPS) is 12.3. The van der Waals surface area contributed by atoms with Crippen molar-refractivity contribution >= 4 is 22.7 Å². The van der Waals surface area contributed by atoms with Crippen LogP contribution in [0, 0.1) is 0 Å². The van der Waals surface area contributed by atoms with Crippen molar-refractivity contribution in [2.24, 2.45) is 0 Å². The first kappa shape index (κ1) is 35.1. The second-order valence-electron chi connectivity index (χ2n) is 12.8. The van der Waals surface area contributed by atoms with Crippen LogP contribution in [0.15, 0.2) is 103 Å². The van der Waals surface area contributed by atoms with Crippen LogP contribution in [-0.2, 0) is 17.8 Å². The Morgan fingerprint density at radius 1 is 0.442 bits per heavy atom. The molecule has 0 fully saturated rings. The number of hydrogen-bond acceptors (Lipinski definition) is 8. The van der Waals surface area contributed by atoms with Crippen LogP contribution >= 0.6 is 22.7 Å². The standard InChI is InChI=1S/C38H26F6N6S2/c1-36(2,3)23-19-21(32-47-49-34(51-32)30-16-8-14-28(45-30)24-10-4-6-12-26(24)37(39,40)41)18-22(20-23)33-48-50-35(52-33)31-17-9-15-29(46-31)25-11-5-7-13-27(25)38(42,43)44/h4-20H,1-3H3. The molecule has 0 aliphatic carbocycles. The lowest BCUT2D eigenvalue weighted by atomic mass is 9.85. The maximum absolute atomic E-state index is 13.7. The lowest BCUT2D eigenvalue weighted by molar-refractivity contribution is -0.137. The fourth-order valence-corrected chi connectivity index (χ4v) is 7.11. The number of halogens is 6. The Labute approximate surface area is 301 Å². The van der Waals surface area contributed by atoms with E-state index in [0.29, 0.717) is 31.4 Å². The number of hydrogen-bond donors (Lipinski definition) is 0. The van der Waals surface area contributed by atoms with Gasteiger partial charge in [0.1, 0.15) is 21.4 Å². The molecule has 7 rings (SSSR count). The number of alkyl halides is 6. The molecule has 4 heterocycles. The van der Waals surface area contributed by atoms with Gasteiger partial charge in [-0.2, -0.15) is 26.3 Å². The van der Waals surface area contributed by atoms with Crippen LogP contribution < -0.4 is 0 Å². The monoisotopic (exact) mass is 744 g/mol. The highest BCUT2D eigenvalue weighted by atomic mass is 32.1. The van der Waals surface area contributed by atoms with E-state index in [2.05, 4.69) is 51.1 Å². The average molecular weight is 745 g/mol. The van der Waals surface area contributed by atoms with Crippen molar-refractivity contribution in [2.45, 2.75) is 38.5 Å². The highest BCUT2D eigenvalue weighted by molar-refractivity contribution is 7.18. The Bertz CT molecular complexity index is 2250. The second kappa shape index (κ2) is 13.3. The minimum Gasteiger partial charge on any atom is -0.245 e. The minimum atomic E-state index is -4.54. The molecule has 0 spiro atoms. The van der Waals surface area contributed by atoms with E-state index in [1.807, 2.05) is 18.2 Å². The van der Waals surface area contributed by atoms with Gasteiger partial charge in [-0.15, -0.1) is 20.4 Å². The molecule has 0 amide bonds. The van der Waals surface area contributed by atoms with Crippen LogP contribution in [0.2, 0.25) is 0 Å². The Kier molecular flexibility index (Phi) is 8.99. The minimum absolute atomic E-state index is 0.0337. The molecule has 0 unspecified atom stereocenters. The predicted molar refractivity (Wildman–Crippen MR) is 190 cm³/mol. The van der Waals surface area contributed by atoms with Gasteiger partial charge in [-0.25, -0.2) is 9.97 Å². The summed E-state index contributed by atoms with van der Waals surface area (Å²) < 4.78 is 82.5. The molecule has 0 bridgehead atoms. The molecule has 0 saturated carbocycles. The summed E-state index contributed by atoms with van der Waals surface area (Å²) in [5.41, 5.74) is 1.64. The van der Waals surface area contributed by atoms with Gasteiger partial charge in [-0.05, 0) is 65.6 Å². The van der Waals surface area contributed by atoms with Gasteiger partial charge in [0, 0.05) is 22.3 Å². The average Bonchev–Trinajstić information content (AvgIpc) is 3.82. The number of nitrogens with zero attached hydrogens (tertiary/aromatic N) is 6. The third-order valence-electron chi connectivity index (χ3n) is 8.10. The number of pyridine rings is 2. The molecule has 3 aromatic carbocycles. The first-order valence-corrected chi connectivity index (χ1v) is 17.4. The van der Waals surface area contributed by atoms with Crippen LogP contribution in [-0.4, -0.2) is 30.4 Å². The van der Waals surface area contributed by atoms with Gasteiger partial charge in [-0.3, -0.25) is 0 Å². The predicted octanol–water partition coefficient (Wildman–Crippen LogP) is 11.5. The molecule has 7 aromatic rings. The van der Waals surface area contributed by atoms with Crippen LogP contribution in [0.5, 0.6) is 0 Å². The summed E-state index contributed by atoms with van der Waals surface area (Å²) >= 11 is 2.50. The molecule has 0 N–H and O–H groups in total. The lowest BCUT2D eigenvalue weighted by Crippen LogP contribution is -2.11. The fourth-order valence-electron chi connectivity index (χ4n) is 5.51. The van der Waals surface area contributed by atoms with Crippen LogP contribution in [0.25, 0.3) is 65.1 Å². The van der Waals surface area contributed by atoms with Crippen molar-refractivity contribution in [1.29, 1.82) is 0 Å². The second-order valence-corrected chi connectivity index (χ2v) is 14.7. The van der Waals surface area contributed by atoms with Gasteiger partial charge in [0.05, 0.1) is 22.5 Å². The summed E-state index contributed by atoms with van der Waals surface area (Å²) in [7, 11) is 0. The summed E-state index contributed by atoms with van der Waals surface area (Å²) in [4.78, 5) is 9.04. The van der Waals surface area contributed by atoms with E-state index in [9.17, 15) is 26.3 Å². The summed E-state index contributed by atoms with van der Waals surface area (Å²) in [5, 5.41) is 19.5. The first-order chi connectivity index (χ1) is 24.6. The molecule has 0 radical (unpaired) electrons. The third kappa shape index (κ3) is 7.21. The number of benzene rings is 3. The summed E-state index contributed by atoms with van der Waals surface area (Å²) in [6.07, 6.45) is -9.09. The Hall–Kier alpha value is -5.34. The zero-order chi connectivity index (χ0) is 36.8. The van der Waals surface area contributed by atoms with E-state index in [4.69, 9.17) is 0 Å². The molecule has 262 valence electrons. The molecule has 0 aliphatic heterocycles. The molecule has 0 saturated heterocycles. The van der Waals surface area contributed by atoms with Crippen molar-refractivity contribution in [2.75, 3.05) is 0 Å². The Balaban J connectivity index is 1.23. The first-order valence-electron chi connectivity index (χ1n) is 15.8. The maximum Gasteiger partial charge on any atom is 0.417 e. The molecular weight excluding hydrogens is 719 g/mol. The molecule has 52 heavy (non-hydrogen) atoms. The van der Waals surface area contributed by atoms with Gasteiger partial charge in [0.2, 0.25) is 0 Å². The topological polar surface area (TPSA) is 77.3 Å². The van der Waals surface area contributed by atoms with Crippen LogP contribution in [0.3, 0.4) is 0 Å².